The van der Waals surface area contributed by atoms with Crippen molar-refractivity contribution in [2.24, 2.45) is 0 Å². The van der Waals surface area contributed by atoms with Crippen molar-refractivity contribution in [2.75, 3.05) is 0 Å². The summed E-state index contributed by atoms with van der Waals surface area (Å²) in [4.78, 5) is 0. The quantitative estimate of drug-likeness (QED) is 0.0646. The van der Waals surface area contributed by atoms with Gasteiger partial charge in [-0.15, -0.1) is 11.1 Å². The fourth-order valence-corrected chi connectivity index (χ4v) is 23.4. The fraction of sp³-hybridized carbons (Fsp3) is 0. The van der Waals surface area contributed by atoms with Gasteiger partial charge in [-0.05, 0) is 135 Å². The van der Waals surface area contributed by atoms with Crippen LogP contribution in [0.2, 0.25) is 10.0 Å². The largest absolute Gasteiger partial charge is 0.249 e. The molecule has 0 N–H and O–H groups in total. The van der Waals surface area contributed by atoms with Gasteiger partial charge >= 0.3 is 0 Å². The van der Waals surface area contributed by atoms with E-state index in [4.69, 9.17) is 34.3 Å². The Morgan fingerprint density at radius 3 is 0.775 bits per heavy atom. The lowest BCUT2D eigenvalue weighted by Crippen LogP contribution is -2.75. The second-order valence-corrected chi connectivity index (χ2v) is 29.6. The van der Waals surface area contributed by atoms with E-state index in [2.05, 4.69) is 271 Å². The van der Waals surface area contributed by atoms with Gasteiger partial charge in [0, 0.05) is 4.47 Å². The van der Waals surface area contributed by atoms with E-state index in [0.717, 1.165) is 37.5 Å². The SMILES string of the molecule is Cl[Si](c1cccc2ccccc12)(c1cccc2ccccc12)c1cccc2ccccc12.Fc1cccc(Br)c1Cl.Fc1cccc([Si](c2cccc3ccccc23)(c2cccc3ccccc23)c2cccc3ccccc23)c1Cl. The van der Waals surface area contributed by atoms with Gasteiger partial charge in [-0.1, -0.05) is 296 Å². The summed E-state index contributed by atoms with van der Waals surface area (Å²) in [6.07, 6.45) is 0. The lowest BCUT2D eigenvalue weighted by Gasteiger charge is -2.37. The molecule has 0 aliphatic carbocycles. The standard InChI is InChI=1S/C36H24ClFSi.C30H21ClSi.C6H3BrClF/c37-36-31(38)20-10-24-35(36)39(32-21-7-14-25-11-1-4-17-28(25)32,33-22-8-15-26-12-2-5-18-29(26)33)34-23-9-16-27-13-3-6-19-30(27)34;31-32(28-19-7-13-22-10-1-4-16-25(22)28,29-20-8-14-23-11-2-5-17-26(23)29)30-21-9-15-24-12-3-6-18-27(24)30;7-4-2-1-3-5(9)6(4)8/h1-24H;1-21H;1-3H. The zero-order chi connectivity index (χ0) is 54.8. The molecule has 0 heterocycles. The molecule has 0 fully saturated rings. The van der Waals surface area contributed by atoms with E-state index in [0.29, 0.717) is 4.47 Å². The molecule has 0 unspecified atom stereocenters. The first-order valence-electron chi connectivity index (χ1n) is 26.3. The monoisotopic (exact) mass is 1190 g/mol. The summed E-state index contributed by atoms with van der Waals surface area (Å²) >= 11 is 23.7. The molecule has 80 heavy (non-hydrogen) atoms. The predicted molar refractivity (Wildman–Crippen MR) is 349 cm³/mol. The highest BCUT2D eigenvalue weighted by Gasteiger charge is 2.46. The molecule has 0 aliphatic heterocycles. The molecular formula is C72H48BrCl3F2Si2. The normalized spacial score (nSPS) is 11.6. The van der Waals surface area contributed by atoms with Crippen molar-refractivity contribution in [3.8, 4) is 0 Å². The van der Waals surface area contributed by atoms with Gasteiger partial charge in [-0.2, -0.15) is 0 Å². The number of halogens is 6. The van der Waals surface area contributed by atoms with Gasteiger partial charge < -0.3 is 0 Å². The van der Waals surface area contributed by atoms with Crippen molar-refractivity contribution in [1.29, 1.82) is 0 Å². The van der Waals surface area contributed by atoms with Gasteiger partial charge in [0.1, 0.15) is 11.6 Å². The Morgan fingerprint density at radius 2 is 0.475 bits per heavy atom. The van der Waals surface area contributed by atoms with Gasteiger partial charge in [0.25, 0.3) is 0 Å². The zero-order valence-corrected chi connectivity index (χ0v) is 48.8. The van der Waals surface area contributed by atoms with Crippen molar-refractivity contribution >= 4 is 167 Å². The van der Waals surface area contributed by atoms with Gasteiger partial charge in [-0.3, -0.25) is 0 Å². The molecule has 386 valence electrons. The first-order chi connectivity index (χ1) is 39.2. The molecule has 14 aromatic carbocycles. The topological polar surface area (TPSA) is 0 Å². The second-order valence-electron chi connectivity index (χ2n) is 19.7. The van der Waals surface area contributed by atoms with Gasteiger partial charge in [0.05, 0.1) is 10.0 Å². The van der Waals surface area contributed by atoms with Crippen molar-refractivity contribution < 1.29 is 8.78 Å². The van der Waals surface area contributed by atoms with Gasteiger partial charge in [0.2, 0.25) is 7.38 Å². The van der Waals surface area contributed by atoms with Crippen LogP contribution in [-0.2, 0) is 0 Å². The molecule has 0 atom stereocenters. The number of rotatable bonds is 7. The van der Waals surface area contributed by atoms with Crippen LogP contribution in [-0.4, -0.2) is 15.5 Å². The minimum Gasteiger partial charge on any atom is -0.205 e. The van der Waals surface area contributed by atoms with E-state index in [1.54, 1.807) is 18.2 Å². The third-order valence-corrected chi connectivity index (χ3v) is 27.5. The molecule has 0 aromatic heterocycles. The summed E-state index contributed by atoms with van der Waals surface area (Å²) in [5, 5.41) is 22.8. The van der Waals surface area contributed by atoms with Gasteiger partial charge in [0.15, 0.2) is 8.07 Å². The molecule has 0 bridgehead atoms. The first kappa shape index (κ1) is 53.0. The third kappa shape index (κ3) is 9.52. The maximum Gasteiger partial charge on any atom is 0.249 e. The molecule has 0 radical (unpaired) electrons. The Balaban J connectivity index is 0.000000140. The van der Waals surface area contributed by atoms with Crippen molar-refractivity contribution in [1.82, 2.24) is 0 Å². The van der Waals surface area contributed by atoms with Crippen LogP contribution in [0.3, 0.4) is 0 Å². The maximum absolute atomic E-state index is 15.5. The smallest absolute Gasteiger partial charge is 0.205 e. The van der Waals surface area contributed by atoms with Crippen LogP contribution in [0.1, 0.15) is 0 Å². The molecule has 0 nitrogen and oxygen atoms in total. The van der Waals surface area contributed by atoms with Crippen LogP contribution < -0.4 is 36.3 Å². The summed E-state index contributed by atoms with van der Waals surface area (Å²) in [7, 11) is -6.14. The van der Waals surface area contributed by atoms with Crippen LogP contribution in [0.15, 0.2) is 296 Å². The maximum atomic E-state index is 15.5. The molecule has 0 spiro atoms. The summed E-state index contributed by atoms with van der Waals surface area (Å²) in [6, 6.07) is 100. The van der Waals surface area contributed by atoms with Crippen molar-refractivity contribution in [3.05, 3.63) is 317 Å². The number of hydrogen-bond acceptors (Lipinski definition) is 0. The molecule has 0 amide bonds. The molecule has 0 aliphatic rings. The second kappa shape index (κ2) is 22.8. The van der Waals surface area contributed by atoms with E-state index >= 15 is 4.39 Å². The average molecular weight is 1190 g/mol. The van der Waals surface area contributed by atoms with E-state index in [1.165, 1.54) is 75.6 Å². The van der Waals surface area contributed by atoms with Crippen LogP contribution in [0.5, 0.6) is 0 Å². The van der Waals surface area contributed by atoms with Crippen LogP contribution in [0.4, 0.5) is 8.78 Å². The predicted octanol–water partition coefficient (Wildman–Crippen LogP) is 16.9. The van der Waals surface area contributed by atoms with E-state index < -0.39 is 27.1 Å². The molecule has 0 saturated heterocycles. The highest BCUT2D eigenvalue weighted by Crippen LogP contribution is 2.29. The number of fused-ring (bicyclic) bond motifs is 6. The minimum absolute atomic E-state index is 0.137. The first-order valence-corrected chi connectivity index (χ1v) is 32.9. The van der Waals surface area contributed by atoms with Gasteiger partial charge in [-0.25, -0.2) is 8.78 Å². The Kier molecular flexibility index (Phi) is 15.1. The Morgan fingerprint density at radius 1 is 0.250 bits per heavy atom. The molecule has 0 saturated carbocycles. The number of hydrogen-bond donors (Lipinski definition) is 0. The Bertz CT molecular complexity index is 4190. The van der Waals surface area contributed by atoms with Crippen LogP contribution >= 0.6 is 50.2 Å². The molecule has 14 aromatic rings. The van der Waals surface area contributed by atoms with Crippen LogP contribution in [0.25, 0.3) is 64.6 Å². The van der Waals surface area contributed by atoms with E-state index in [-0.39, 0.29) is 10.0 Å². The minimum atomic E-state index is -3.24. The van der Waals surface area contributed by atoms with E-state index in [9.17, 15) is 4.39 Å². The fourth-order valence-electron chi connectivity index (χ4n) is 11.8. The lowest BCUT2D eigenvalue weighted by molar-refractivity contribution is 0.627. The van der Waals surface area contributed by atoms with E-state index in [1.807, 2.05) is 6.07 Å². The van der Waals surface area contributed by atoms with Crippen molar-refractivity contribution in [3.63, 3.8) is 0 Å². The molecule has 14 rings (SSSR count). The summed E-state index contributed by atoms with van der Waals surface area (Å²) < 4.78 is 28.5. The zero-order valence-electron chi connectivity index (χ0n) is 43.0. The molecular weight excluding hydrogens is 1150 g/mol. The summed E-state index contributed by atoms with van der Waals surface area (Å²) in [6.45, 7) is 0. The average Bonchev–Trinajstić information content (AvgIpc) is 3.66. The molecule has 8 heteroatoms. The summed E-state index contributed by atoms with van der Waals surface area (Å²) in [5.41, 5.74) is 0. The Labute approximate surface area is 489 Å². The van der Waals surface area contributed by atoms with Crippen LogP contribution in [0, 0.1) is 11.6 Å². The number of benzene rings is 14. The lowest BCUT2D eigenvalue weighted by atomic mass is 10.1. The van der Waals surface area contributed by atoms with Crippen molar-refractivity contribution in [2.45, 2.75) is 0 Å². The third-order valence-electron chi connectivity index (χ3n) is 15.3. The Hall–Kier alpha value is -7.72. The highest BCUT2D eigenvalue weighted by molar-refractivity contribution is 9.10. The summed E-state index contributed by atoms with van der Waals surface area (Å²) in [5.74, 6) is -0.794. The highest BCUT2D eigenvalue weighted by atomic mass is 79.9.